The first-order valence-electron chi connectivity index (χ1n) is 8.30. The summed E-state index contributed by atoms with van der Waals surface area (Å²) in [5.41, 5.74) is 7.30. The van der Waals surface area contributed by atoms with Crippen molar-refractivity contribution in [1.29, 1.82) is 0 Å². The maximum absolute atomic E-state index is 12.4. The number of benzene rings is 2. The summed E-state index contributed by atoms with van der Waals surface area (Å²) >= 11 is 6.25. The predicted octanol–water partition coefficient (Wildman–Crippen LogP) is 4.06. The van der Waals surface area contributed by atoms with E-state index < -0.39 is 6.03 Å². The lowest BCUT2D eigenvalue weighted by atomic mass is 10.2. The quantitative estimate of drug-likeness (QED) is 0.584. The number of carbonyl (C=O) groups is 2. The Kier molecular flexibility index (Phi) is 6.08. The smallest absolute Gasteiger partial charge is 0.316 e. The summed E-state index contributed by atoms with van der Waals surface area (Å²) in [6.45, 7) is 0.332. The number of nitrogens with zero attached hydrogens (tertiary/aromatic N) is 1. The zero-order chi connectivity index (χ0) is 19.9. The third-order valence-corrected chi connectivity index (χ3v) is 3.99. The largest absolute Gasteiger partial charge is 0.487 e. The van der Waals surface area contributed by atoms with Gasteiger partial charge >= 0.3 is 6.03 Å². The molecule has 0 radical (unpaired) electrons. The van der Waals surface area contributed by atoms with Crippen LogP contribution in [0.4, 0.5) is 16.2 Å². The molecular weight excluding hydrogens is 380 g/mol. The Bertz CT molecular complexity index is 996. The van der Waals surface area contributed by atoms with Gasteiger partial charge in [0.05, 0.1) is 5.02 Å². The van der Waals surface area contributed by atoms with Crippen LogP contribution in [0.3, 0.4) is 0 Å². The highest BCUT2D eigenvalue weighted by atomic mass is 35.5. The van der Waals surface area contributed by atoms with Crippen LogP contribution in [-0.4, -0.2) is 16.9 Å². The third kappa shape index (κ3) is 5.21. The van der Waals surface area contributed by atoms with E-state index in [1.165, 1.54) is 6.07 Å². The summed E-state index contributed by atoms with van der Waals surface area (Å²) < 4.78 is 5.68. The molecule has 0 aliphatic rings. The first-order valence-corrected chi connectivity index (χ1v) is 8.68. The van der Waals surface area contributed by atoms with Crippen LogP contribution >= 0.6 is 11.6 Å². The molecule has 142 valence electrons. The Balaban J connectivity index is 1.65. The maximum atomic E-state index is 12.4. The SMILES string of the molecule is NC(=O)Nc1cccc(C(=O)Nc2ccc(OCc3cccnc3)c(Cl)c2)c1. The second-order valence-electron chi connectivity index (χ2n) is 5.82. The summed E-state index contributed by atoms with van der Waals surface area (Å²) in [6.07, 6.45) is 3.40. The van der Waals surface area contributed by atoms with E-state index in [2.05, 4.69) is 15.6 Å². The lowest BCUT2D eigenvalue weighted by molar-refractivity contribution is 0.102. The number of hydrogen-bond donors (Lipinski definition) is 3. The minimum Gasteiger partial charge on any atom is -0.487 e. The van der Waals surface area contributed by atoms with E-state index in [1.54, 1.807) is 48.8 Å². The standard InChI is InChI=1S/C20H17ClN4O3/c21-17-10-16(6-7-18(17)28-12-13-3-2-8-23-11-13)24-19(26)14-4-1-5-15(9-14)25-20(22)27/h1-11H,12H2,(H,24,26)(H3,22,25,27). The average molecular weight is 397 g/mol. The molecule has 0 aliphatic carbocycles. The highest BCUT2D eigenvalue weighted by molar-refractivity contribution is 6.32. The van der Waals surface area contributed by atoms with Crippen molar-refractivity contribution in [2.24, 2.45) is 5.73 Å². The van der Waals surface area contributed by atoms with Gasteiger partial charge in [0.25, 0.3) is 5.91 Å². The number of nitrogens with two attached hydrogens (primary N) is 1. The van der Waals surface area contributed by atoms with Gasteiger partial charge in [-0.1, -0.05) is 23.7 Å². The topological polar surface area (TPSA) is 106 Å². The van der Waals surface area contributed by atoms with Crippen molar-refractivity contribution in [3.05, 3.63) is 83.1 Å². The molecule has 3 amide bonds. The number of aromatic nitrogens is 1. The van der Waals surface area contributed by atoms with Crippen LogP contribution in [0, 0.1) is 0 Å². The van der Waals surface area contributed by atoms with Gasteiger partial charge in [-0.05, 0) is 42.5 Å². The summed E-state index contributed by atoms with van der Waals surface area (Å²) in [4.78, 5) is 27.4. The van der Waals surface area contributed by atoms with Crippen molar-refractivity contribution >= 4 is 34.9 Å². The fourth-order valence-electron chi connectivity index (χ4n) is 2.42. The molecule has 0 aliphatic heterocycles. The molecule has 1 heterocycles. The molecule has 2 aromatic carbocycles. The van der Waals surface area contributed by atoms with Gasteiger partial charge in [0.2, 0.25) is 0 Å². The van der Waals surface area contributed by atoms with Gasteiger partial charge in [0.1, 0.15) is 12.4 Å². The summed E-state index contributed by atoms with van der Waals surface area (Å²) in [5.74, 6) is 0.143. The Morgan fingerprint density at radius 2 is 1.86 bits per heavy atom. The molecule has 0 atom stereocenters. The minimum absolute atomic E-state index is 0.332. The molecule has 1 aromatic heterocycles. The zero-order valence-corrected chi connectivity index (χ0v) is 15.4. The highest BCUT2D eigenvalue weighted by Crippen LogP contribution is 2.28. The summed E-state index contributed by atoms with van der Waals surface area (Å²) in [7, 11) is 0. The molecule has 3 aromatic rings. The van der Waals surface area contributed by atoms with Crippen molar-refractivity contribution in [1.82, 2.24) is 4.98 Å². The van der Waals surface area contributed by atoms with Gasteiger partial charge in [-0.3, -0.25) is 9.78 Å². The number of halogens is 1. The average Bonchev–Trinajstić information content (AvgIpc) is 2.68. The Hall–Kier alpha value is -3.58. The third-order valence-electron chi connectivity index (χ3n) is 3.70. The number of primary amides is 1. The Morgan fingerprint density at radius 1 is 1.04 bits per heavy atom. The van der Waals surface area contributed by atoms with Crippen molar-refractivity contribution in [2.75, 3.05) is 10.6 Å². The molecule has 0 saturated heterocycles. The number of nitrogens with one attached hydrogen (secondary N) is 2. The number of amides is 3. The van der Waals surface area contributed by atoms with E-state index >= 15 is 0 Å². The van der Waals surface area contributed by atoms with Gasteiger partial charge in [-0.2, -0.15) is 0 Å². The summed E-state index contributed by atoms with van der Waals surface area (Å²) in [6, 6.07) is 14.4. The van der Waals surface area contributed by atoms with Crippen molar-refractivity contribution in [3.63, 3.8) is 0 Å². The normalized spacial score (nSPS) is 10.2. The number of rotatable bonds is 6. The maximum Gasteiger partial charge on any atom is 0.316 e. The molecule has 7 nitrogen and oxygen atoms in total. The number of pyridine rings is 1. The van der Waals surface area contributed by atoms with E-state index in [-0.39, 0.29) is 5.91 Å². The van der Waals surface area contributed by atoms with Gasteiger partial charge in [-0.15, -0.1) is 0 Å². The summed E-state index contributed by atoms with van der Waals surface area (Å²) in [5, 5.41) is 5.54. The van der Waals surface area contributed by atoms with Crippen LogP contribution in [-0.2, 0) is 6.61 Å². The van der Waals surface area contributed by atoms with Crippen molar-refractivity contribution in [3.8, 4) is 5.75 Å². The van der Waals surface area contributed by atoms with Crippen LogP contribution in [0.5, 0.6) is 5.75 Å². The second-order valence-corrected chi connectivity index (χ2v) is 6.23. The van der Waals surface area contributed by atoms with Crippen LogP contribution < -0.4 is 21.1 Å². The molecule has 28 heavy (non-hydrogen) atoms. The van der Waals surface area contributed by atoms with Gasteiger partial charge in [0, 0.05) is 34.9 Å². The molecule has 8 heteroatoms. The molecule has 0 bridgehead atoms. The Labute approximate surface area is 166 Å². The number of anilines is 2. The molecule has 0 unspecified atom stereocenters. The minimum atomic E-state index is -0.703. The van der Waals surface area contributed by atoms with E-state index in [0.717, 1.165) is 5.56 Å². The monoisotopic (exact) mass is 396 g/mol. The van der Waals surface area contributed by atoms with Gasteiger partial charge in [-0.25, -0.2) is 4.79 Å². The lowest BCUT2D eigenvalue weighted by Gasteiger charge is -2.11. The van der Waals surface area contributed by atoms with Crippen LogP contribution in [0.25, 0.3) is 0 Å². The highest BCUT2D eigenvalue weighted by Gasteiger charge is 2.10. The van der Waals surface area contributed by atoms with Crippen LogP contribution in [0.15, 0.2) is 67.0 Å². The molecule has 3 rings (SSSR count). The fourth-order valence-corrected chi connectivity index (χ4v) is 2.66. The number of ether oxygens (including phenoxy) is 1. The van der Waals surface area contributed by atoms with Gasteiger partial charge < -0.3 is 21.1 Å². The number of hydrogen-bond acceptors (Lipinski definition) is 4. The van der Waals surface area contributed by atoms with E-state index in [0.29, 0.717) is 34.3 Å². The van der Waals surface area contributed by atoms with Crippen LogP contribution in [0.2, 0.25) is 5.02 Å². The van der Waals surface area contributed by atoms with E-state index in [9.17, 15) is 9.59 Å². The van der Waals surface area contributed by atoms with E-state index in [4.69, 9.17) is 22.1 Å². The van der Waals surface area contributed by atoms with E-state index in [1.807, 2.05) is 12.1 Å². The predicted molar refractivity (Wildman–Crippen MR) is 108 cm³/mol. The molecule has 0 spiro atoms. The zero-order valence-electron chi connectivity index (χ0n) is 14.7. The fraction of sp³-hybridized carbons (Fsp3) is 0.0500. The number of urea groups is 1. The molecule has 0 saturated carbocycles. The van der Waals surface area contributed by atoms with Gasteiger partial charge in [0.15, 0.2) is 0 Å². The van der Waals surface area contributed by atoms with Crippen LogP contribution in [0.1, 0.15) is 15.9 Å². The van der Waals surface area contributed by atoms with Crippen molar-refractivity contribution < 1.29 is 14.3 Å². The first-order chi connectivity index (χ1) is 13.5. The Morgan fingerprint density at radius 3 is 2.57 bits per heavy atom. The number of carbonyl (C=O) groups excluding carboxylic acids is 2. The lowest BCUT2D eigenvalue weighted by Crippen LogP contribution is -2.19. The van der Waals surface area contributed by atoms with Crippen molar-refractivity contribution in [2.45, 2.75) is 6.61 Å². The molecular formula is C20H17ClN4O3. The second kappa shape index (κ2) is 8.88. The first kappa shape index (κ1) is 19.2. The molecule has 4 N–H and O–H groups in total. The molecule has 0 fully saturated rings.